The zero-order valence-corrected chi connectivity index (χ0v) is 16.4. The van der Waals surface area contributed by atoms with Crippen LogP contribution in [0.25, 0.3) is 16.3 Å². The molecule has 1 N–H and O–H groups in total. The molecule has 0 spiro atoms. The molecule has 0 bridgehead atoms. The largest absolute Gasteiger partial charge is 0.494 e. The molecule has 146 valence electrons. The second-order valence-corrected chi connectivity index (χ2v) is 6.82. The number of hydrogen-bond acceptors (Lipinski definition) is 7. The molecule has 0 aliphatic carbocycles. The highest BCUT2D eigenvalue weighted by atomic mass is 32.1. The molecule has 28 heavy (non-hydrogen) atoms. The summed E-state index contributed by atoms with van der Waals surface area (Å²) in [6.45, 7) is 2.52. The minimum absolute atomic E-state index is 0.246. The van der Waals surface area contributed by atoms with Crippen molar-refractivity contribution in [2.45, 2.75) is 19.8 Å². The Morgan fingerprint density at radius 1 is 1.29 bits per heavy atom. The second kappa shape index (κ2) is 9.18. The van der Waals surface area contributed by atoms with Crippen molar-refractivity contribution in [2.75, 3.05) is 19.0 Å². The molecule has 0 radical (unpaired) electrons. The molecule has 0 unspecified atom stereocenters. The molecular formula is C20H20N2O5S. The van der Waals surface area contributed by atoms with E-state index in [1.807, 2.05) is 25.1 Å². The highest BCUT2D eigenvalue weighted by Crippen LogP contribution is 2.29. The van der Waals surface area contributed by atoms with Crippen LogP contribution in [0.4, 0.5) is 5.13 Å². The summed E-state index contributed by atoms with van der Waals surface area (Å²) < 4.78 is 16.6. The van der Waals surface area contributed by atoms with Crippen LogP contribution in [-0.4, -0.2) is 30.6 Å². The van der Waals surface area contributed by atoms with Crippen LogP contribution in [0.2, 0.25) is 0 Å². The fourth-order valence-corrected chi connectivity index (χ4v) is 3.36. The fraction of sp³-hybridized carbons (Fsp3) is 0.250. The number of aromatic nitrogens is 1. The van der Waals surface area contributed by atoms with E-state index in [2.05, 4.69) is 15.0 Å². The lowest BCUT2D eigenvalue weighted by Gasteiger charge is -2.00. The van der Waals surface area contributed by atoms with Gasteiger partial charge in [0.05, 0.1) is 30.4 Å². The van der Waals surface area contributed by atoms with E-state index in [4.69, 9.17) is 9.15 Å². The van der Waals surface area contributed by atoms with Crippen molar-refractivity contribution in [3.63, 3.8) is 0 Å². The van der Waals surface area contributed by atoms with Gasteiger partial charge in [-0.1, -0.05) is 11.3 Å². The first-order valence-corrected chi connectivity index (χ1v) is 9.57. The number of aryl methyl sites for hydroxylation is 1. The van der Waals surface area contributed by atoms with Gasteiger partial charge in [0.25, 0.3) is 0 Å². The Morgan fingerprint density at radius 2 is 2.14 bits per heavy atom. The van der Waals surface area contributed by atoms with Crippen molar-refractivity contribution >= 4 is 44.6 Å². The smallest absolute Gasteiger partial charge is 0.305 e. The standard InChI is InChI=1S/C20H20N2O5S/c1-3-26-15-6-9-16-17(12-15)28-20(21-16)22-18(23)10-7-13-4-5-14(27-13)8-11-19(24)25-2/h4-7,9-10,12H,3,8,11H2,1-2H3,(H,21,22,23)/b10-7+. The van der Waals surface area contributed by atoms with Gasteiger partial charge in [-0.25, -0.2) is 4.98 Å². The molecule has 0 atom stereocenters. The third-order valence-electron chi connectivity index (χ3n) is 3.79. The number of nitrogens with one attached hydrogen (secondary N) is 1. The Morgan fingerprint density at radius 3 is 2.93 bits per heavy atom. The third-order valence-corrected chi connectivity index (χ3v) is 4.72. The lowest BCUT2D eigenvalue weighted by atomic mass is 10.2. The van der Waals surface area contributed by atoms with Crippen LogP contribution in [0.15, 0.2) is 40.8 Å². The van der Waals surface area contributed by atoms with E-state index in [1.54, 1.807) is 18.2 Å². The highest BCUT2D eigenvalue weighted by molar-refractivity contribution is 7.22. The normalized spacial score (nSPS) is 11.1. The molecule has 3 rings (SSSR count). The van der Waals surface area contributed by atoms with E-state index in [-0.39, 0.29) is 18.3 Å². The lowest BCUT2D eigenvalue weighted by molar-refractivity contribution is -0.140. The van der Waals surface area contributed by atoms with E-state index >= 15 is 0 Å². The number of fused-ring (bicyclic) bond motifs is 1. The first-order valence-electron chi connectivity index (χ1n) is 8.75. The molecule has 0 fully saturated rings. The van der Waals surface area contributed by atoms with Crippen LogP contribution in [0.1, 0.15) is 24.9 Å². The second-order valence-electron chi connectivity index (χ2n) is 5.78. The summed E-state index contributed by atoms with van der Waals surface area (Å²) in [6.07, 6.45) is 3.64. The molecule has 7 nitrogen and oxygen atoms in total. The Bertz CT molecular complexity index is 1010. The summed E-state index contributed by atoms with van der Waals surface area (Å²) in [5.41, 5.74) is 0.800. The van der Waals surface area contributed by atoms with Gasteiger partial charge in [-0.3, -0.25) is 14.9 Å². The summed E-state index contributed by atoms with van der Waals surface area (Å²) in [5, 5.41) is 3.26. The Labute approximate surface area is 166 Å². The van der Waals surface area contributed by atoms with Crippen LogP contribution < -0.4 is 10.1 Å². The zero-order valence-electron chi connectivity index (χ0n) is 15.6. The average molecular weight is 400 g/mol. The quantitative estimate of drug-likeness (QED) is 0.453. The maximum atomic E-state index is 12.1. The molecule has 1 amide bonds. The van der Waals surface area contributed by atoms with Gasteiger partial charge >= 0.3 is 5.97 Å². The van der Waals surface area contributed by atoms with Crippen molar-refractivity contribution < 1.29 is 23.5 Å². The first kappa shape index (κ1) is 19.6. The summed E-state index contributed by atoms with van der Waals surface area (Å²) in [5.74, 6) is 1.35. The van der Waals surface area contributed by atoms with Crippen LogP contribution in [0.3, 0.4) is 0 Å². The van der Waals surface area contributed by atoms with Crippen molar-refractivity contribution in [3.8, 4) is 5.75 Å². The molecule has 1 aromatic carbocycles. The Balaban J connectivity index is 1.58. The lowest BCUT2D eigenvalue weighted by Crippen LogP contribution is -2.07. The third kappa shape index (κ3) is 5.20. The molecule has 0 aliphatic rings. The minimum atomic E-state index is -0.309. The summed E-state index contributed by atoms with van der Waals surface area (Å²) in [7, 11) is 1.35. The number of anilines is 1. The average Bonchev–Trinajstić information content (AvgIpc) is 3.30. The molecule has 2 heterocycles. The molecule has 0 saturated heterocycles. The Hall–Kier alpha value is -3.13. The number of thiazole rings is 1. The number of amides is 1. The molecule has 2 aromatic heterocycles. The van der Waals surface area contributed by atoms with Crippen molar-refractivity contribution in [1.82, 2.24) is 4.98 Å². The SMILES string of the molecule is CCOc1ccc2nc(NC(=O)/C=C/c3ccc(CCC(=O)OC)o3)sc2c1. The first-order chi connectivity index (χ1) is 13.6. The number of esters is 1. The van der Waals surface area contributed by atoms with Gasteiger partial charge in [0, 0.05) is 12.5 Å². The predicted octanol–water partition coefficient (Wildman–Crippen LogP) is 4.05. The molecule has 3 aromatic rings. The van der Waals surface area contributed by atoms with Crippen molar-refractivity contribution in [2.24, 2.45) is 0 Å². The van der Waals surface area contributed by atoms with Crippen LogP contribution in [0.5, 0.6) is 5.75 Å². The van der Waals surface area contributed by atoms with E-state index < -0.39 is 0 Å². The van der Waals surface area contributed by atoms with Gasteiger partial charge in [-0.15, -0.1) is 0 Å². The van der Waals surface area contributed by atoms with Gasteiger partial charge in [0.15, 0.2) is 5.13 Å². The topological polar surface area (TPSA) is 90.7 Å². The van der Waals surface area contributed by atoms with Crippen molar-refractivity contribution in [3.05, 3.63) is 47.9 Å². The van der Waals surface area contributed by atoms with E-state index in [0.717, 1.165) is 16.0 Å². The Kier molecular flexibility index (Phi) is 6.44. The van der Waals surface area contributed by atoms with Crippen LogP contribution in [-0.2, 0) is 20.7 Å². The number of carbonyl (C=O) groups excluding carboxylic acids is 2. The maximum absolute atomic E-state index is 12.1. The van der Waals surface area contributed by atoms with E-state index in [9.17, 15) is 9.59 Å². The fourth-order valence-electron chi connectivity index (χ4n) is 2.47. The van der Waals surface area contributed by atoms with Crippen LogP contribution in [0, 0.1) is 0 Å². The molecule has 0 aliphatic heterocycles. The monoisotopic (exact) mass is 400 g/mol. The highest BCUT2D eigenvalue weighted by Gasteiger charge is 2.08. The summed E-state index contributed by atoms with van der Waals surface area (Å²) >= 11 is 1.38. The number of ether oxygens (including phenoxy) is 2. The van der Waals surface area contributed by atoms with Gasteiger partial charge in [0.2, 0.25) is 5.91 Å². The zero-order chi connectivity index (χ0) is 19.9. The number of methoxy groups -OCH3 is 1. The maximum Gasteiger partial charge on any atom is 0.305 e. The van der Waals surface area contributed by atoms with Crippen LogP contribution >= 0.6 is 11.3 Å². The number of rotatable bonds is 8. The van der Waals surface area contributed by atoms with Gasteiger partial charge in [-0.2, -0.15) is 0 Å². The van der Waals surface area contributed by atoms with E-state index in [0.29, 0.717) is 29.7 Å². The number of furan rings is 1. The van der Waals surface area contributed by atoms with E-state index in [1.165, 1.54) is 24.5 Å². The minimum Gasteiger partial charge on any atom is -0.494 e. The predicted molar refractivity (Wildman–Crippen MR) is 107 cm³/mol. The summed E-state index contributed by atoms with van der Waals surface area (Å²) in [4.78, 5) is 27.7. The molecular weight excluding hydrogens is 380 g/mol. The summed E-state index contributed by atoms with van der Waals surface area (Å²) in [6, 6.07) is 9.13. The number of hydrogen-bond donors (Lipinski definition) is 1. The van der Waals surface area contributed by atoms with Gasteiger partial charge in [0.1, 0.15) is 17.3 Å². The number of carbonyl (C=O) groups is 2. The molecule has 8 heteroatoms. The molecule has 0 saturated carbocycles. The van der Waals surface area contributed by atoms with Gasteiger partial charge in [-0.05, 0) is 43.3 Å². The van der Waals surface area contributed by atoms with Gasteiger partial charge < -0.3 is 13.9 Å². The number of nitrogens with zero attached hydrogens (tertiary/aromatic N) is 1. The van der Waals surface area contributed by atoms with Crippen molar-refractivity contribution in [1.29, 1.82) is 0 Å². The number of benzene rings is 1.